The summed E-state index contributed by atoms with van der Waals surface area (Å²) in [5, 5.41) is 5.37. The molecule has 3 rings (SSSR count). The number of hydrogen-bond donors (Lipinski definition) is 2. The Kier molecular flexibility index (Phi) is 10.2. The lowest BCUT2D eigenvalue weighted by Crippen LogP contribution is -2.50. The van der Waals surface area contributed by atoms with Gasteiger partial charge in [0, 0.05) is 43.1 Å². The second-order valence-corrected chi connectivity index (χ2v) is 9.69. The van der Waals surface area contributed by atoms with Crippen molar-refractivity contribution in [3.8, 4) is 0 Å². The van der Waals surface area contributed by atoms with Gasteiger partial charge >= 0.3 is 12.2 Å². The number of halogens is 4. The van der Waals surface area contributed by atoms with Crippen molar-refractivity contribution in [3.05, 3.63) is 59.7 Å². The summed E-state index contributed by atoms with van der Waals surface area (Å²) in [6.45, 7) is 6.29. The molecule has 1 saturated heterocycles. The Morgan fingerprint density at radius 2 is 1.73 bits per heavy atom. The zero-order valence-electron chi connectivity index (χ0n) is 21.2. The van der Waals surface area contributed by atoms with Crippen LogP contribution in [-0.4, -0.2) is 52.8 Å². The third-order valence-corrected chi connectivity index (χ3v) is 6.90. The van der Waals surface area contributed by atoms with Crippen molar-refractivity contribution < 1.29 is 22.8 Å². The first-order valence-corrected chi connectivity index (χ1v) is 13.1. The summed E-state index contributed by atoms with van der Waals surface area (Å²) in [4.78, 5) is 29.2. The van der Waals surface area contributed by atoms with Crippen LogP contribution in [0.4, 0.5) is 29.3 Å². The molecule has 1 aliphatic rings. The van der Waals surface area contributed by atoms with Gasteiger partial charge in [-0.05, 0) is 62.1 Å². The molecule has 202 valence electrons. The molecule has 37 heavy (non-hydrogen) atoms. The molecule has 1 fully saturated rings. The van der Waals surface area contributed by atoms with E-state index < -0.39 is 17.8 Å². The Morgan fingerprint density at radius 1 is 1.08 bits per heavy atom. The van der Waals surface area contributed by atoms with E-state index in [1.54, 1.807) is 23.1 Å². The number of nitrogens with one attached hydrogen (secondary N) is 2. The van der Waals surface area contributed by atoms with Gasteiger partial charge in [0.25, 0.3) is 0 Å². The normalized spacial score (nSPS) is 15.7. The van der Waals surface area contributed by atoms with Crippen molar-refractivity contribution in [1.29, 1.82) is 0 Å². The third kappa shape index (κ3) is 8.36. The molecule has 3 amide bonds. The minimum Gasteiger partial charge on any atom is -0.325 e. The highest BCUT2D eigenvalue weighted by atomic mass is 35.5. The maximum atomic E-state index is 13.4. The molecule has 1 heterocycles. The number of carbonyl (C=O) groups excluding carboxylic acids is 2. The van der Waals surface area contributed by atoms with E-state index >= 15 is 0 Å². The fraction of sp³-hybridized carbons (Fsp3) is 0.481. The van der Waals surface area contributed by atoms with Gasteiger partial charge < -0.3 is 20.4 Å². The largest absolute Gasteiger partial charge is 0.416 e. The van der Waals surface area contributed by atoms with Crippen molar-refractivity contribution >= 4 is 34.9 Å². The molecule has 2 aromatic rings. The van der Waals surface area contributed by atoms with Crippen LogP contribution in [0.25, 0.3) is 0 Å². The van der Waals surface area contributed by atoms with E-state index in [1.807, 2.05) is 6.07 Å². The smallest absolute Gasteiger partial charge is 0.325 e. The Labute approximate surface area is 221 Å². The van der Waals surface area contributed by atoms with Gasteiger partial charge in [-0.3, -0.25) is 4.79 Å². The van der Waals surface area contributed by atoms with Crippen molar-refractivity contribution in [1.82, 2.24) is 9.80 Å². The zero-order valence-corrected chi connectivity index (χ0v) is 21.9. The molecule has 2 N–H and O–H groups in total. The molecule has 2 aromatic carbocycles. The first kappa shape index (κ1) is 28.8. The molecule has 1 aliphatic heterocycles. The number of piperidine rings is 1. The Balaban J connectivity index is 1.80. The van der Waals surface area contributed by atoms with Crippen molar-refractivity contribution in [2.75, 3.05) is 29.6 Å². The molecule has 0 aliphatic carbocycles. The summed E-state index contributed by atoms with van der Waals surface area (Å²) >= 11 is 5.59. The van der Waals surface area contributed by atoms with Gasteiger partial charge in [0.15, 0.2) is 0 Å². The minimum absolute atomic E-state index is 0.0851. The van der Waals surface area contributed by atoms with Crippen molar-refractivity contribution in [2.24, 2.45) is 0 Å². The lowest BCUT2D eigenvalue weighted by atomic mass is 10.00. The van der Waals surface area contributed by atoms with Gasteiger partial charge in [0.1, 0.15) is 5.88 Å². The molecule has 1 unspecified atom stereocenters. The second kappa shape index (κ2) is 13.1. The van der Waals surface area contributed by atoms with Gasteiger partial charge in [-0.1, -0.05) is 31.5 Å². The molecule has 6 nitrogen and oxygen atoms in total. The SMILES string of the molecule is CCCC(C)N1CCC(N(Cc2cccc(NC(=O)CCl)c2)C(=O)Nc2cccc(C(F)(F)F)c2)CC1. The number of benzene rings is 2. The van der Waals surface area contributed by atoms with E-state index in [1.165, 1.54) is 12.1 Å². The summed E-state index contributed by atoms with van der Waals surface area (Å²) in [7, 11) is 0. The van der Waals surface area contributed by atoms with Crippen LogP contribution in [0.15, 0.2) is 48.5 Å². The summed E-state index contributed by atoms with van der Waals surface area (Å²) in [6, 6.07) is 11.7. The zero-order chi connectivity index (χ0) is 27.0. The maximum Gasteiger partial charge on any atom is 0.416 e. The van der Waals surface area contributed by atoms with Crippen LogP contribution < -0.4 is 10.6 Å². The van der Waals surface area contributed by atoms with E-state index in [2.05, 4.69) is 29.4 Å². The lowest BCUT2D eigenvalue weighted by molar-refractivity contribution is -0.137. The van der Waals surface area contributed by atoms with E-state index in [0.29, 0.717) is 11.7 Å². The van der Waals surface area contributed by atoms with E-state index in [4.69, 9.17) is 11.6 Å². The summed E-state index contributed by atoms with van der Waals surface area (Å²) < 4.78 is 39.6. The highest BCUT2D eigenvalue weighted by Gasteiger charge is 2.32. The fourth-order valence-corrected chi connectivity index (χ4v) is 4.78. The monoisotopic (exact) mass is 538 g/mol. The van der Waals surface area contributed by atoms with Crippen LogP contribution in [0, 0.1) is 0 Å². The molecule has 0 bridgehead atoms. The predicted molar refractivity (Wildman–Crippen MR) is 141 cm³/mol. The van der Waals surface area contributed by atoms with Gasteiger partial charge in [-0.15, -0.1) is 11.6 Å². The summed E-state index contributed by atoms with van der Waals surface area (Å²) in [5.74, 6) is -0.517. The van der Waals surface area contributed by atoms with E-state index in [-0.39, 0.29) is 30.1 Å². The second-order valence-electron chi connectivity index (χ2n) is 9.42. The number of hydrogen-bond acceptors (Lipinski definition) is 3. The topological polar surface area (TPSA) is 64.7 Å². The van der Waals surface area contributed by atoms with Gasteiger partial charge in [0.05, 0.1) is 5.56 Å². The highest BCUT2D eigenvalue weighted by Crippen LogP contribution is 2.31. The van der Waals surface area contributed by atoms with Crippen LogP contribution in [0.2, 0.25) is 0 Å². The number of anilines is 2. The Hall–Kier alpha value is -2.78. The van der Waals surface area contributed by atoms with Crippen LogP contribution in [0.3, 0.4) is 0 Å². The predicted octanol–water partition coefficient (Wildman–Crippen LogP) is 6.57. The fourth-order valence-electron chi connectivity index (χ4n) is 4.71. The number of rotatable bonds is 9. The molecular weight excluding hydrogens is 505 g/mol. The number of likely N-dealkylation sites (tertiary alicyclic amines) is 1. The number of urea groups is 1. The van der Waals surface area contributed by atoms with Gasteiger partial charge in [-0.2, -0.15) is 13.2 Å². The van der Waals surface area contributed by atoms with Crippen molar-refractivity contribution in [3.63, 3.8) is 0 Å². The average Bonchev–Trinajstić information content (AvgIpc) is 2.87. The van der Waals surface area contributed by atoms with Gasteiger partial charge in [-0.25, -0.2) is 4.79 Å². The molecule has 0 spiro atoms. The Morgan fingerprint density at radius 3 is 2.35 bits per heavy atom. The quantitative estimate of drug-likeness (QED) is 0.355. The number of amides is 3. The maximum absolute atomic E-state index is 13.4. The number of nitrogens with zero attached hydrogens (tertiary/aromatic N) is 2. The number of alkyl halides is 4. The molecule has 10 heteroatoms. The minimum atomic E-state index is -4.50. The average molecular weight is 539 g/mol. The van der Waals surface area contributed by atoms with Crippen LogP contribution in [0.1, 0.15) is 50.7 Å². The van der Waals surface area contributed by atoms with Gasteiger partial charge in [0.2, 0.25) is 5.91 Å². The Bertz CT molecular complexity index is 1060. The molecule has 0 saturated carbocycles. The molecule has 0 radical (unpaired) electrons. The highest BCUT2D eigenvalue weighted by molar-refractivity contribution is 6.29. The van der Waals surface area contributed by atoms with Crippen LogP contribution in [-0.2, 0) is 17.5 Å². The van der Waals surface area contributed by atoms with Crippen LogP contribution >= 0.6 is 11.6 Å². The first-order chi connectivity index (χ1) is 17.6. The third-order valence-electron chi connectivity index (χ3n) is 6.66. The molecule has 1 atom stereocenters. The molecule has 0 aromatic heterocycles. The van der Waals surface area contributed by atoms with E-state index in [0.717, 1.165) is 56.5 Å². The van der Waals surface area contributed by atoms with Crippen molar-refractivity contribution in [2.45, 2.75) is 64.3 Å². The standard InChI is InChI=1S/C27H34ClF3N4O2/c1-3-6-19(2)34-13-11-24(12-14-34)35(18-20-7-4-9-22(15-20)32-25(36)17-28)26(37)33-23-10-5-8-21(16-23)27(29,30)31/h4-5,7-10,15-16,19,24H,3,6,11-14,17-18H2,1-2H3,(H,32,36)(H,33,37). The first-order valence-electron chi connectivity index (χ1n) is 12.5. The number of carbonyl (C=O) groups is 2. The van der Waals surface area contributed by atoms with Crippen LogP contribution in [0.5, 0.6) is 0 Å². The van der Waals surface area contributed by atoms with E-state index in [9.17, 15) is 22.8 Å². The molecular formula is C27H34ClF3N4O2. The summed E-state index contributed by atoms with van der Waals surface area (Å²) in [5.41, 5.74) is 0.609. The summed E-state index contributed by atoms with van der Waals surface area (Å²) in [6.07, 6.45) is -0.787. The lowest BCUT2D eigenvalue weighted by Gasteiger charge is -2.40.